The largest absolute Gasteiger partial charge is 2.00 e. The molecule has 0 spiro atoms. The standard InChI is InChI=1S/BH3O3.Li.Sr.3H/c2-1(3)4;;;;;/h2-4H;;;;;/q;+1;+2;3*-1. The Balaban J connectivity index is -0.00000000450. The van der Waals surface area contributed by atoms with Crippen LogP contribution in [0.25, 0.3) is 0 Å². The summed E-state index contributed by atoms with van der Waals surface area (Å²) in [4.78, 5) is 0. The zero-order chi connectivity index (χ0) is 3.58. The summed E-state index contributed by atoms with van der Waals surface area (Å²) in [6.45, 7) is 0. The number of rotatable bonds is 0. The predicted octanol–water partition coefficient (Wildman–Crippen LogP) is -5.09. The Morgan fingerprint density at radius 3 is 1.17 bits per heavy atom. The first-order chi connectivity index (χ1) is 1.73. The van der Waals surface area contributed by atoms with Crippen molar-refractivity contribution in [2.45, 2.75) is 0 Å². The Kier molecular flexibility index (Phi) is 26.4. The van der Waals surface area contributed by atoms with E-state index < -0.39 is 7.32 Å². The van der Waals surface area contributed by atoms with Gasteiger partial charge in [-0.15, -0.1) is 0 Å². The molecule has 0 aromatic heterocycles. The van der Waals surface area contributed by atoms with Crippen molar-refractivity contribution in [1.82, 2.24) is 0 Å². The molecule has 0 saturated heterocycles. The van der Waals surface area contributed by atoms with Gasteiger partial charge in [0, 0.05) is 0 Å². The fourth-order valence-electron chi connectivity index (χ4n) is 0. The van der Waals surface area contributed by atoms with Gasteiger partial charge in [0.1, 0.15) is 0 Å². The average Bonchev–Trinajstić information content (AvgIpc) is 0.811. The summed E-state index contributed by atoms with van der Waals surface area (Å²) < 4.78 is 0. The Bertz CT molecular complexity index is 23.8. The summed E-state index contributed by atoms with van der Waals surface area (Å²) in [5, 5.41) is 21.5. The van der Waals surface area contributed by atoms with Crippen molar-refractivity contribution in [3.05, 3.63) is 0 Å². The van der Waals surface area contributed by atoms with E-state index in [1.165, 1.54) is 0 Å². The molecule has 0 heterocycles. The van der Waals surface area contributed by atoms with Crippen molar-refractivity contribution < 1.29 is 38.2 Å². The maximum Gasteiger partial charge on any atom is 2.00 e. The summed E-state index contributed by atoms with van der Waals surface area (Å²) in [6.07, 6.45) is 0. The zero-order valence-electron chi connectivity index (χ0n) is 6.63. The van der Waals surface area contributed by atoms with Crippen LogP contribution in [0.4, 0.5) is 0 Å². The Hall–Kier alpha value is 2.02. The first-order valence-electron chi connectivity index (χ1n) is 0.775. The smallest absolute Gasteiger partial charge is 1.00 e. The van der Waals surface area contributed by atoms with Gasteiger partial charge in [-0.3, -0.25) is 0 Å². The van der Waals surface area contributed by atoms with Gasteiger partial charge in [-0.2, -0.15) is 0 Å². The molecule has 0 fully saturated rings. The molecule has 0 aliphatic heterocycles. The van der Waals surface area contributed by atoms with Gasteiger partial charge in [-0.1, -0.05) is 0 Å². The summed E-state index contributed by atoms with van der Waals surface area (Å²) in [5.41, 5.74) is 0. The summed E-state index contributed by atoms with van der Waals surface area (Å²) in [6, 6.07) is 0. The van der Waals surface area contributed by atoms with Crippen LogP contribution in [0.3, 0.4) is 0 Å². The van der Waals surface area contributed by atoms with Crippen LogP contribution < -0.4 is 18.9 Å². The van der Waals surface area contributed by atoms with Crippen LogP contribution >= 0.6 is 0 Å². The molecule has 0 bridgehead atoms. The SMILES string of the molecule is OB(O)O.[H-].[H-].[H-].[Li+].[Sr+2]. The summed E-state index contributed by atoms with van der Waals surface area (Å²) in [7, 11) is -2.17. The van der Waals surface area contributed by atoms with Crippen molar-refractivity contribution >= 4 is 52.8 Å². The topological polar surface area (TPSA) is 60.7 Å². The summed E-state index contributed by atoms with van der Waals surface area (Å²) >= 11 is 0. The average molecular weight is 159 g/mol. The Labute approximate surface area is 89.8 Å². The van der Waals surface area contributed by atoms with Crippen LogP contribution in [0.2, 0.25) is 0 Å². The van der Waals surface area contributed by atoms with Gasteiger partial charge in [-0.25, -0.2) is 0 Å². The number of hydrogen-bond donors (Lipinski definition) is 3. The molecule has 0 atom stereocenters. The van der Waals surface area contributed by atoms with E-state index in [4.69, 9.17) is 15.1 Å². The third-order valence-electron chi connectivity index (χ3n) is 0. The first-order valence-corrected chi connectivity index (χ1v) is 0.775. The maximum absolute atomic E-state index is 7.17. The van der Waals surface area contributed by atoms with Crippen LogP contribution in [0, 0.1) is 0 Å². The van der Waals surface area contributed by atoms with Crippen molar-refractivity contribution in [3.8, 4) is 0 Å². The Morgan fingerprint density at radius 1 is 1.17 bits per heavy atom. The fourth-order valence-corrected chi connectivity index (χ4v) is 0. The van der Waals surface area contributed by atoms with Crippen molar-refractivity contribution in [3.63, 3.8) is 0 Å². The van der Waals surface area contributed by atoms with E-state index in [9.17, 15) is 0 Å². The van der Waals surface area contributed by atoms with Crippen molar-refractivity contribution in [1.29, 1.82) is 0 Å². The molecule has 6 heteroatoms. The van der Waals surface area contributed by atoms with Crippen molar-refractivity contribution in [2.24, 2.45) is 0 Å². The monoisotopic (exact) mass is 160 g/mol. The summed E-state index contributed by atoms with van der Waals surface area (Å²) in [5.74, 6) is 0. The van der Waals surface area contributed by atoms with Crippen LogP contribution in [0.1, 0.15) is 4.28 Å². The minimum absolute atomic E-state index is 0. The molecule has 0 unspecified atom stereocenters. The van der Waals surface area contributed by atoms with Gasteiger partial charge in [0.25, 0.3) is 0 Å². The molecule has 0 aromatic rings. The Morgan fingerprint density at radius 2 is 1.17 bits per heavy atom. The molecule has 0 amide bonds. The van der Waals surface area contributed by atoms with Crippen LogP contribution in [0.5, 0.6) is 0 Å². The van der Waals surface area contributed by atoms with Crippen LogP contribution in [0.15, 0.2) is 0 Å². The quantitative estimate of drug-likeness (QED) is 0.310. The third-order valence-corrected chi connectivity index (χ3v) is 0. The molecule has 0 aromatic carbocycles. The molecule has 0 aliphatic rings. The molecule has 0 saturated carbocycles. The van der Waals surface area contributed by atoms with E-state index in [0.717, 1.165) is 0 Å². The van der Waals surface area contributed by atoms with E-state index in [1.54, 1.807) is 0 Å². The van der Waals surface area contributed by atoms with Gasteiger partial charge < -0.3 is 19.4 Å². The maximum atomic E-state index is 7.17. The van der Waals surface area contributed by atoms with E-state index >= 15 is 0 Å². The molecule has 0 rings (SSSR count). The van der Waals surface area contributed by atoms with E-state index in [0.29, 0.717) is 0 Å². The van der Waals surface area contributed by atoms with Crippen LogP contribution in [-0.2, 0) is 0 Å². The van der Waals surface area contributed by atoms with Crippen molar-refractivity contribution in [2.75, 3.05) is 0 Å². The number of hydrogen-bond acceptors (Lipinski definition) is 3. The second-order valence-corrected chi connectivity index (χ2v) is 0.346. The molecule has 3 nitrogen and oxygen atoms in total. The molecule has 30 valence electrons. The second-order valence-electron chi connectivity index (χ2n) is 0.346. The van der Waals surface area contributed by atoms with Gasteiger partial charge in [-0.05, 0) is 0 Å². The third kappa shape index (κ3) is 37.1. The van der Waals surface area contributed by atoms with E-state index in [-0.39, 0.29) is 68.6 Å². The van der Waals surface area contributed by atoms with Gasteiger partial charge >= 0.3 is 71.7 Å². The van der Waals surface area contributed by atoms with E-state index in [2.05, 4.69) is 0 Å². The fraction of sp³-hybridized carbons (Fsp3) is 0. The van der Waals surface area contributed by atoms with Gasteiger partial charge in [0.15, 0.2) is 0 Å². The first kappa shape index (κ1) is 15.7. The second kappa shape index (κ2) is 10.1. The molecule has 0 radical (unpaired) electrons. The zero-order valence-corrected chi connectivity index (χ0v) is 7.10. The van der Waals surface area contributed by atoms with Gasteiger partial charge in [0.05, 0.1) is 0 Å². The van der Waals surface area contributed by atoms with Gasteiger partial charge in [0.2, 0.25) is 0 Å². The molecule has 3 N–H and O–H groups in total. The predicted molar refractivity (Wildman–Crippen MR) is 21.5 cm³/mol. The van der Waals surface area contributed by atoms with E-state index in [1.807, 2.05) is 0 Å². The minimum atomic E-state index is -2.17. The molecular formula is H6BLiO3Sr. The molecule has 6 heavy (non-hydrogen) atoms. The molecule has 0 aliphatic carbocycles. The molecular weight excluding hydrogens is 153 g/mol. The van der Waals surface area contributed by atoms with Crippen LogP contribution in [-0.4, -0.2) is 67.9 Å². The normalized spacial score (nSPS) is 4.50. The minimum Gasteiger partial charge on any atom is -1.00 e.